The Morgan fingerprint density at radius 3 is 2.41 bits per heavy atom. The van der Waals surface area contributed by atoms with Gasteiger partial charge in [0.2, 0.25) is 17.7 Å². The number of fused-ring (bicyclic) bond motifs is 7. The van der Waals surface area contributed by atoms with Gasteiger partial charge in [-0.3, -0.25) is 19.3 Å². The lowest BCUT2D eigenvalue weighted by atomic mass is 9.76. The second-order valence-corrected chi connectivity index (χ2v) is 11.3. The second-order valence-electron chi connectivity index (χ2n) is 10.9. The van der Waals surface area contributed by atoms with Gasteiger partial charge in [0.15, 0.2) is 0 Å². The first-order chi connectivity index (χ1) is 19.8. The first kappa shape index (κ1) is 25.7. The van der Waals surface area contributed by atoms with Crippen LogP contribution in [0.5, 0.6) is 0 Å². The van der Waals surface area contributed by atoms with Crippen LogP contribution < -0.4 is 10.2 Å². The number of anilines is 2. The quantitative estimate of drug-likeness (QED) is 0.479. The zero-order valence-corrected chi connectivity index (χ0v) is 23.0. The van der Waals surface area contributed by atoms with Crippen LogP contribution in [0.4, 0.5) is 16.2 Å². The Morgan fingerprint density at radius 2 is 1.68 bits per heavy atom. The molecule has 10 heteroatoms. The Hall–Kier alpha value is -4.21. The lowest BCUT2D eigenvalue weighted by molar-refractivity contribution is -0.137. The van der Waals surface area contributed by atoms with Crippen molar-refractivity contribution < 1.29 is 23.9 Å². The molecule has 1 spiro atoms. The number of rotatable bonds is 3. The zero-order valence-electron chi connectivity index (χ0n) is 22.2. The molecular formula is C31H27ClN4O5. The Bertz CT molecular complexity index is 1600. The molecule has 0 unspecified atom stereocenters. The molecule has 0 saturated carbocycles. The lowest BCUT2D eigenvalue weighted by Gasteiger charge is -2.44. The van der Waals surface area contributed by atoms with E-state index < -0.39 is 35.4 Å². The van der Waals surface area contributed by atoms with Crippen LogP contribution in [-0.4, -0.2) is 59.3 Å². The fourth-order valence-corrected chi connectivity index (χ4v) is 7.31. The molecule has 208 valence electrons. The molecule has 4 aliphatic heterocycles. The van der Waals surface area contributed by atoms with Gasteiger partial charge in [0.25, 0.3) is 0 Å². The zero-order chi connectivity index (χ0) is 28.5. The van der Waals surface area contributed by atoms with Gasteiger partial charge < -0.3 is 15.0 Å². The van der Waals surface area contributed by atoms with Crippen molar-refractivity contribution in [3.05, 3.63) is 94.5 Å². The summed E-state index contributed by atoms with van der Waals surface area (Å²) < 4.78 is 5.60. The summed E-state index contributed by atoms with van der Waals surface area (Å²) in [5.74, 6) is -2.95. The lowest BCUT2D eigenvalue weighted by Crippen LogP contribution is -2.62. The summed E-state index contributed by atoms with van der Waals surface area (Å²) in [6.45, 7) is 2.66. The Balaban J connectivity index is 1.29. The minimum absolute atomic E-state index is 0.121. The summed E-state index contributed by atoms with van der Waals surface area (Å²) in [5.41, 5.74) is 1.83. The van der Waals surface area contributed by atoms with E-state index in [0.29, 0.717) is 34.1 Å². The maximum Gasteiger partial charge on any atom is 0.410 e. The van der Waals surface area contributed by atoms with Gasteiger partial charge in [0.05, 0.1) is 23.2 Å². The number of carbonyl (C=O) groups excluding carboxylic acids is 4. The third kappa shape index (κ3) is 3.58. The highest BCUT2D eigenvalue weighted by atomic mass is 35.5. The van der Waals surface area contributed by atoms with Gasteiger partial charge in [0, 0.05) is 36.3 Å². The van der Waals surface area contributed by atoms with E-state index in [0.717, 1.165) is 5.56 Å². The third-order valence-electron chi connectivity index (χ3n) is 8.96. The maximum atomic E-state index is 14.3. The molecule has 1 N–H and O–H groups in total. The maximum absolute atomic E-state index is 14.3. The monoisotopic (exact) mass is 570 g/mol. The molecule has 4 aliphatic rings. The number of hydrogen-bond acceptors (Lipinski definition) is 6. The van der Waals surface area contributed by atoms with Gasteiger partial charge in [-0.2, -0.15) is 0 Å². The number of piperazine rings is 1. The molecule has 3 aromatic rings. The molecule has 41 heavy (non-hydrogen) atoms. The number of hydrogen-bond donors (Lipinski definition) is 1. The molecule has 0 aromatic heterocycles. The highest BCUT2D eigenvalue weighted by molar-refractivity contribution is 6.32. The van der Waals surface area contributed by atoms with E-state index in [2.05, 4.69) is 5.32 Å². The van der Waals surface area contributed by atoms with Gasteiger partial charge in [-0.25, -0.2) is 9.69 Å². The third-order valence-corrected chi connectivity index (χ3v) is 9.37. The molecule has 7 rings (SSSR count). The van der Waals surface area contributed by atoms with E-state index in [1.165, 1.54) is 4.90 Å². The molecule has 4 amide bonds. The van der Waals surface area contributed by atoms with Gasteiger partial charge in [-0.05, 0) is 36.2 Å². The normalized spacial score (nSPS) is 26.7. The number of para-hydroxylation sites is 1. The first-order valence-corrected chi connectivity index (χ1v) is 14.0. The van der Waals surface area contributed by atoms with E-state index in [1.54, 1.807) is 41.3 Å². The van der Waals surface area contributed by atoms with Gasteiger partial charge >= 0.3 is 6.09 Å². The van der Waals surface area contributed by atoms with Crippen LogP contribution in [0, 0.1) is 18.8 Å². The number of nitrogens with zero attached hydrogens (tertiary/aromatic N) is 3. The van der Waals surface area contributed by atoms with Crippen LogP contribution >= 0.6 is 11.6 Å². The SMILES string of the molecule is Cc1c(Cl)ccc2c1NC(=O)[C@@]21[C@H]2C(=O)N(c3ccccc3)C(=O)[C@H]2[C@H]2CN(C(=O)OCc3ccccc3)CCN21. The van der Waals surface area contributed by atoms with Crippen LogP contribution in [0.3, 0.4) is 0 Å². The van der Waals surface area contributed by atoms with E-state index in [-0.39, 0.29) is 31.5 Å². The minimum atomic E-state index is -1.41. The standard InChI is InChI=1S/C31H27ClN4O5/c1-18-22(32)13-12-21-26(18)33-29(39)31(21)25-24(27(37)36(28(25)38)20-10-6-3-7-11-20)23-16-34(14-15-35(23)31)30(40)41-17-19-8-4-2-5-9-19/h2-13,23-25H,14-17H2,1H3,(H,33,39)/t23-,24+,25-,31+/m1/s1. The van der Waals surface area contributed by atoms with Crippen LogP contribution in [0.15, 0.2) is 72.8 Å². The summed E-state index contributed by atoms with van der Waals surface area (Å²) in [6.07, 6.45) is -0.499. The molecule has 3 fully saturated rings. The van der Waals surface area contributed by atoms with Crippen molar-refractivity contribution in [2.24, 2.45) is 11.8 Å². The molecule has 4 atom stereocenters. The van der Waals surface area contributed by atoms with Crippen LogP contribution in [0.2, 0.25) is 5.02 Å². The Kier molecular flexibility index (Phi) is 5.92. The van der Waals surface area contributed by atoms with E-state index in [4.69, 9.17) is 16.3 Å². The average molecular weight is 571 g/mol. The average Bonchev–Trinajstić information content (AvgIpc) is 3.56. The van der Waals surface area contributed by atoms with E-state index in [9.17, 15) is 19.2 Å². The topological polar surface area (TPSA) is 99.3 Å². The highest BCUT2D eigenvalue weighted by Crippen LogP contribution is 2.59. The molecular weight excluding hydrogens is 544 g/mol. The number of halogens is 1. The summed E-state index contributed by atoms with van der Waals surface area (Å²) in [5, 5.41) is 3.49. The predicted molar refractivity (Wildman–Crippen MR) is 151 cm³/mol. The van der Waals surface area contributed by atoms with Gasteiger partial charge in [0.1, 0.15) is 12.1 Å². The molecule has 9 nitrogen and oxygen atoms in total. The van der Waals surface area contributed by atoms with Crippen molar-refractivity contribution in [2.75, 3.05) is 29.9 Å². The summed E-state index contributed by atoms with van der Waals surface area (Å²) in [6, 6.07) is 21.1. The van der Waals surface area contributed by atoms with Crippen LogP contribution in [0.1, 0.15) is 16.7 Å². The summed E-state index contributed by atoms with van der Waals surface area (Å²) in [7, 11) is 0. The number of carbonyl (C=O) groups is 4. The summed E-state index contributed by atoms with van der Waals surface area (Å²) in [4.78, 5) is 60.4. The van der Waals surface area contributed by atoms with Crippen molar-refractivity contribution >= 4 is 46.8 Å². The van der Waals surface area contributed by atoms with Crippen molar-refractivity contribution in [1.29, 1.82) is 0 Å². The van der Waals surface area contributed by atoms with E-state index >= 15 is 0 Å². The molecule has 0 radical (unpaired) electrons. The Morgan fingerprint density at radius 1 is 0.976 bits per heavy atom. The van der Waals surface area contributed by atoms with Gasteiger partial charge in [-0.1, -0.05) is 66.2 Å². The number of benzene rings is 3. The van der Waals surface area contributed by atoms with E-state index in [1.807, 2.05) is 48.2 Å². The fourth-order valence-electron chi connectivity index (χ4n) is 7.15. The molecule has 4 heterocycles. The number of nitrogens with one attached hydrogen (secondary N) is 1. The summed E-state index contributed by atoms with van der Waals surface area (Å²) >= 11 is 6.41. The number of imide groups is 1. The molecule has 0 aliphatic carbocycles. The number of ether oxygens (including phenoxy) is 1. The highest BCUT2D eigenvalue weighted by Gasteiger charge is 2.74. The fraction of sp³-hybridized carbons (Fsp3) is 0.290. The van der Waals surface area contributed by atoms with Crippen molar-refractivity contribution in [1.82, 2.24) is 9.80 Å². The van der Waals surface area contributed by atoms with Crippen molar-refractivity contribution in [2.45, 2.75) is 25.1 Å². The Labute approximate surface area is 241 Å². The smallest absolute Gasteiger partial charge is 0.410 e. The van der Waals surface area contributed by atoms with Crippen LogP contribution in [0.25, 0.3) is 0 Å². The van der Waals surface area contributed by atoms with Gasteiger partial charge in [-0.15, -0.1) is 0 Å². The largest absolute Gasteiger partial charge is 0.445 e. The minimum Gasteiger partial charge on any atom is -0.445 e. The van der Waals surface area contributed by atoms with Crippen molar-refractivity contribution in [3.63, 3.8) is 0 Å². The molecule has 3 aromatic carbocycles. The predicted octanol–water partition coefficient (Wildman–Crippen LogP) is 3.94. The second kappa shape index (κ2) is 9.43. The van der Waals surface area contributed by atoms with Crippen LogP contribution in [-0.2, 0) is 31.3 Å². The first-order valence-electron chi connectivity index (χ1n) is 13.6. The molecule has 3 saturated heterocycles. The number of amides is 4. The van der Waals surface area contributed by atoms with Crippen molar-refractivity contribution in [3.8, 4) is 0 Å². The molecule has 0 bridgehead atoms.